The number of hydrogen-bond acceptors (Lipinski definition) is 1. The van der Waals surface area contributed by atoms with Gasteiger partial charge < -0.3 is 0 Å². The molecule has 1 atom stereocenters. The Labute approximate surface area is 106 Å². The van der Waals surface area contributed by atoms with E-state index in [1.807, 2.05) is 6.92 Å². The van der Waals surface area contributed by atoms with Crippen molar-refractivity contribution >= 4 is 21.7 Å². The second kappa shape index (κ2) is 6.85. The Morgan fingerprint density at radius 1 is 1.19 bits per heavy atom. The molecule has 0 heterocycles. The zero-order chi connectivity index (χ0) is 12.0. The molecule has 0 amide bonds. The Bertz CT molecular complexity index is 329. The topological polar surface area (TPSA) is 17.1 Å². The summed E-state index contributed by atoms with van der Waals surface area (Å²) in [6.07, 6.45) is 3.70. The Morgan fingerprint density at radius 3 is 2.25 bits per heavy atom. The molecule has 0 fully saturated rings. The van der Waals surface area contributed by atoms with Crippen LogP contribution in [0.2, 0.25) is 0 Å². The number of carbonyl (C=O) groups is 1. The van der Waals surface area contributed by atoms with Gasteiger partial charge in [-0.1, -0.05) is 60.5 Å². The van der Waals surface area contributed by atoms with Crippen molar-refractivity contribution in [1.29, 1.82) is 0 Å². The summed E-state index contributed by atoms with van der Waals surface area (Å²) in [6.45, 7) is 4.09. The molecule has 0 saturated carbocycles. The smallest absolute Gasteiger partial charge is 0.146 e. The summed E-state index contributed by atoms with van der Waals surface area (Å²) >= 11 is 3.44. The van der Waals surface area contributed by atoms with E-state index >= 15 is 0 Å². The molecular weight excluding hydrogens is 264 g/mol. The van der Waals surface area contributed by atoms with Crippen molar-refractivity contribution in [2.45, 2.75) is 44.4 Å². The van der Waals surface area contributed by atoms with Gasteiger partial charge in [-0.05, 0) is 24.0 Å². The van der Waals surface area contributed by atoms with Crippen LogP contribution in [-0.2, 0) is 17.6 Å². The van der Waals surface area contributed by atoms with E-state index in [1.54, 1.807) is 0 Å². The number of aryl methyl sites for hydroxylation is 1. The quantitative estimate of drug-likeness (QED) is 0.723. The van der Waals surface area contributed by atoms with E-state index < -0.39 is 0 Å². The van der Waals surface area contributed by atoms with E-state index in [-0.39, 0.29) is 10.6 Å². The van der Waals surface area contributed by atoms with Crippen LogP contribution in [0.1, 0.15) is 37.8 Å². The van der Waals surface area contributed by atoms with Crippen LogP contribution in [0.4, 0.5) is 0 Å². The van der Waals surface area contributed by atoms with Crippen molar-refractivity contribution in [3.05, 3.63) is 35.4 Å². The van der Waals surface area contributed by atoms with Gasteiger partial charge in [0.1, 0.15) is 5.78 Å². The minimum absolute atomic E-state index is 0.0328. The standard InChI is InChI=1S/C14H19BrO/c1-3-5-11-6-8-12(9-7-11)10-13(15)14(16)4-2/h6-9,13H,3-5,10H2,1-2H3. The molecule has 1 aromatic carbocycles. The maximum atomic E-state index is 11.4. The normalized spacial score (nSPS) is 12.4. The highest BCUT2D eigenvalue weighted by molar-refractivity contribution is 9.10. The number of halogens is 1. The van der Waals surface area contributed by atoms with Crippen molar-refractivity contribution < 1.29 is 4.79 Å². The highest BCUT2D eigenvalue weighted by Crippen LogP contribution is 2.14. The third kappa shape index (κ3) is 4.09. The third-order valence-electron chi connectivity index (χ3n) is 2.67. The van der Waals surface area contributed by atoms with Crippen molar-refractivity contribution in [3.8, 4) is 0 Å². The molecule has 0 aliphatic carbocycles. The van der Waals surface area contributed by atoms with E-state index in [2.05, 4.69) is 47.1 Å². The molecule has 1 nitrogen and oxygen atoms in total. The minimum atomic E-state index is -0.0328. The molecule has 0 aliphatic heterocycles. The summed E-state index contributed by atoms with van der Waals surface area (Å²) in [6, 6.07) is 8.58. The first-order chi connectivity index (χ1) is 7.67. The SMILES string of the molecule is CCCc1ccc(CC(Br)C(=O)CC)cc1. The number of benzene rings is 1. The van der Waals surface area contributed by atoms with E-state index in [1.165, 1.54) is 17.5 Å². The summed E-state index contributed by atoms with van der Waals surface area (Å²) in [5, 5.41) is 0. The van der Waals surface area contributed by atoms with Crippen molar-refractivity contribution in [3.63, 3.8) is 0 Å². The van der Waals surface area contributed by atoms with E-state index in [0.717, 1.165) is 12.8 Å². The molecule has 0 N–H and O–H groups in total. The number of rotatable bonds is 6. The molecule has 16 heavy (non-hydrogen) atoms. The molecule has 88 valence electrons. The lowest BCUT2D eigenvalue weighted by Gasteiger charge is -2.08. The van der Waals surface area contributed by atoms with Crippen LogP contribution < -0.4 is 0 Å². The van der Waals surface area contributed by atoms with E-state index in [4.69, 9.17) is 0 Å². The molecule has 1 rings (SSSR count). The zero-order valence-electron chi connectivity index (χ0n) is 10.0. The Balaban J connectivity index is 2.58. The fourth-order valence-corrected chi connectivity index (χ4v) is 2.37. The first kappa shape index (κ1) is 13.4. The Morgan fingerprint density at radius 2 is 1.75 bits per heavy atom. The fraction of sp³-hybridized carbons (Fsp3) is 0.500. The summed E-state index contributed by atoms with van der Waals surface area (Å²) in [5.41, 5.74) is 2.60. The monoisotopic (exact) mass is 282 g/mol. The summed E-state index contributed by atoms with van der Waals surface area (Å²) in [5.74, 6) is 0.276. The highest BCUT2D eigenvalue weighted by atomic mass is 79.9. The van der Waals surface area contributed by atoms with Gasteiger partial charge in [-0.15, -0.1) is 0 Å². The number of alkyl halides is 1. The average Bonchev–Trinajstić information content (AvgIpc) is 2.31. The molecule has 0 aliphatic rings. The van der Waals surface area contributed by atoms with Crippen LogP contribution >= 0.6 is 15.9 Å². The lowest BCUT2D eigenvalue weighted by molar-refractivity contribution is -0.118. The van der Waals surface area contributed by atoms with Gasteiger partial charge in [-0.25, -0.2) is 0 Å². The Hall–Kier alpha value is -0.630. The van der Waals surface area contributed by atoms with Gasteiger partial charge in [0.05, 0.1) is 4.83 Å². The summed E-state index contributed by atoms with van der Waals surface area (Å²) < 4.78 is 0. The molecular formula is C14H19BrO. The van der Waals surface area contributed by atoms with Crippen LogP contribution in [0.5, 0.6) is 0 Å². The molecule has 2 heteroatoms. The van der Waals surface area contributed by atoms with Crippen LogP contribution in [0.3, 0.4) is 0 Å². The summed E-state index contributed by atoms with van der Waals surface area (Å²) in [7, 11) is 0. The predicted octanol–water partition coefficient (Wildman–Crippen LogP) is 3.92. The second-order valence-corrected chi connectivity index (χ2v) is 5.16. The van der Waals surface area contributed by atoms with Crippen LogP contribution in [0.25, 0.3) is 0 Å². The maximum absolute atomic E-state index is 11.4. The van der Waals surface area contributed by atoms with Crippen LogP contribution in [-0.4, -0.2) is 10.6 Å². The largest absolute Gasteiger partial charge is 0.298 e. The lowest BCUT2D eigenvalue weighted by Crippen LogP contribution is -2.15. The molecule has 0 saturated heterocycles. The summed E-state index contributed by atoms with van der Waals surface area (Å²) in [4.78, 5) is 11.4. The van der Waals surface area contributed by atoms with Crippen molar-refractivity contribution in [1.82, 2.24) is 0 Å². The molecule has 0 bridgehead atoms. The van der Waals surface area contributed by atoms with Crippen molar-refractivity contribution in [2.24, 2.45) is 0 Å². The molecule has 0 aromatic heterocycles. The van der Waals surface area contributed by atoms with E-state index in [0.29, 0.717) is 6.42 Å². The lowest BCUT2D eigenvalue weighted by atomic mass is 10.0. The second-order valence-electron chi connectivity index (χ2n) is 4.06. The molecule has 0 spiro atoms. The fourth-order valence-electron chi connectivity index (χ4n) is 1.67. The van der Waals surface area contributed by atoms with E-state index in [9.17, 15) is 4.79 Å². The predicted molar refractivity (Wildman–Crippen MR) is 72.2 cm³/mol. The maximum Gasteiger partial charge on any atom is 0.146 e. The van der Waals surface area contributed by atoms with Gasteiger partial charge in [0, 0.05) is 6.42 Å². The molecule has 1 unspecified atom stereocenters. The first-order valence-corrected chi connectivity index (χ1v) is 6.83. The third-order valence-corrected chi connectivity index (χ3v) is 3.51. The van der Waals surface area contributed by atoms with Gasteiger partial charge in [0.2, 0.25) is 0 Å². The van der Waals surface area contributed by atoms with Gasteiger partial charge in [-0.3, -0.25) is 4.79 Å². The minimum Gasteiger partial charge on any atom is -0.298 e. The molecule has 0 radical (unpaired) electrons. The van der Waals surface area contributed by atoms with Crippen molar-refractivity contribution in [2.75, 3.05) is 0 Å². The van der Waals surface area contributed by atoms with Gasteiger partial charge in [-0.2, -0.15) is 0 Å². The molecule has 1 aromatic rings. The number of Topliss-reactive ketones (excluding diaryl/α,β-unsaturated/α-hetero) is 1. The van der Waals surface area contributed by atoms with Gasteiger partial charge >= 0.3 is 0 Å². The van der Waals surface area contributed by atoms with Crippen LogP contribution in [0.15, 0.2) is 24.3 Å². The average molecular weight is 283 g/mol. The Kier molecular flexibility index (Phi) is 5.75. The van der Waals surface area contributed by atoms with Gasteiger partial charge in [0.25, 0.3) is 0 Å². The first-order valence-electron chi connectivity index (χ1n) is 5.92. The number of ketones is 1. The van der Waals surface area contributed by atoms with Gasteiger partial charge in [0.15, 0.2) is 0 Å². The van der Waals surface area contributed by atoms with Crippen LogP contribution in [0, 0.1) is 0 Å². The number of carbonyl (C=O) groups excluding carboxylic acids is 1. The number of hydrogen-bond donors (Lipinski definition) is 0. The highest BCUT2D eigenvalue weighted by Gasteiger charge is 2.12. The zero-order valence-corrected chi connectivity index (χ0v) is 11.6.